The second-order valence-electron chi connectivity index (χ2n) is 3.81. The molecule has 0 saturated heterocycles. The zero-order valence-electron chi connectivity index (χ0n) is 10.6. The Kier molecular flexibility index (Phi) is 6.03. The van der Waals surface area contributed by atoms with Crippen molar-refractivity contribution in [3.63, 3.8) is 0 Å². The van der Waals surface area contributed by atoms with Crippen molar-refractivity contribution < 1.29 is 14.3 Å². The van der Waals surface area contributed by atoms with Gasteiger partial charge in [-0.15, -0.1) is 0 Å². The van der Waals surface area contributed by atoms with Crippen molar-refractivity contribution >= 4 is 11.9 Å². The Morgan fingerprint density at radius 3 is 2.89 bits per heavy atom. The Bertz CT molecular complexity index is 468. The van der Waals surface area contributed by atoms with Crippen molar-refractivity contribution in [3.8, 4) is 6.07 Å². The summed E-state index contributed by atoms with van der Waals surface area (Å²) in [6.45, 7) is 0. The first-order chi connectivity index (χ1) is 9.19. The Hall–Kier alpha value is -2.42. The molecule has 0 unspecified atom stereocenters. The molecule has 1 heterocycles. The first-order valence-corrected chi connectivity index (χ1v) is 5.85. The number of nitrogens with one attached hydrogen (secondary N) is 1. The van der Waals surface area contributed by atoms with E-state index in [1.807, 2.05) is 6.07 Å². The maximum Gasteiger partial charge on any atom is 0.328 e. The van der Waals surface area contributed by atoms with E-state index in [1.165, 1.54) is 13.3 Å². The number of esters is 1. The molecule has 6 heteroatoms. The number of carbonyl (C=O) groups excluding carboxylic acids is 2. The summed E-state index contributed by atoms with van der Waals surface area (Å²) >= 11 is 0. The fourth-order valence-electron chi connectivity index (χ4n) is 1.51. The van der Waals surface area contributed by atoms with Crippen LogP contribution in [0, 0.1) is 11.3 Å². The number of nitriles is 1. The van der Waals surface area contributed by atoms with Crippen molar-refractivity contribution in [1.82, 2.24) is 10.3 Å². The van der Waals surface area contributed by atoms with Gasteiger partial charge in [-0.1, -0.05) is 6.07 Å². The SMILES string of the molecule is COC(=O)[C@@H](CCCC#N)NC(=O)c1ccccn1. The highest BCUT2D eigenvalue weighted by atomic mass is 16.5. The Morgan fingerprint density at radius 1 is 1.53 bits per heavy atom. The molecule has 1 rings (SSSR count). The lowest BCUT2D eigenvalue weighted by atomic mass is 10.1. The molecule has 1 aromatic heterocycles. The molecule has 0 radical (unpaired) electrons. The quantitative estimate of drug-likeness (QED) is 0.610. The van der Waals surface area contributed by atoms with E-state index >= 15 is 0 Å². The number of unbranched alkanes of at least 4 members (excludes halogenated alkanes) is 1. The number of aromatic nitrogens is 1. The molecule has 0 aliphatic rings. The van der Waals surface area contributed by atoms with Gasteiger partial charge in [-0.05, 0) is 25.0 Å². The summed E-state index contributed by atoms with van der Waals surface area (Å²) < 4.78 is 4.62. The Balaban J connectivity index is 2.64. The monoisotopic (exact) mass is 261 g/mol. The number of carbonyl (C=O) groups is 2. The highest BCUT2D eigenvalue weighted by Crippen LogP contribution is 2.04. The van der Waals surface area contributed by atoms with Gasteiger partial charge >= 0.3 is 5.97 Å². The van der Waals surface area contributed by atoms with Crippen LogP contribution in [0.25, 0.3) is 0 Å². The van der Waals surface area contributed by atoms with E-state index in [0.29, 0.717) is 19.3 Å². The predicted octanol–water partition coefficient (Wildman–Crippen LogP) is 1.05. The average molecular weight is 261 g/mol. The van der Waals surface area contributed by atoms with E-state index in [-0.39, 0.29) is 5.69 Å². The van der Waals surface area contributed by atoms with Gasteiger partial charge in [0.1, 0.15) is 11.7 Å². The van der Waals surface area contributed by atoms with Crippen LogP contribution in [0.5, 0.6) is 0 Å². The van der Waals surface area contributed by atoms with Crippen LogP contribution in [-0.4, -0.2) is 30.0 Å². The first kappa shape index (κ1) is 14.6. The second-order valence-corrected chi connectivity index (χ2v) is 3.81. The largest absolute Gasteiger partial charge is 0.467 e. The molecule has 0 aliphatic heterocycles. The smallest absolute Gasteiger partial charge is 0.328 e. The lowest BCUT2D eigenvalue weighted by Gasteiger charge is -2.15. The molecule has 1 atom stereocenters. The van der Waals surface area contributed by atoms with Crippen LogP contribution in [0.4, 0.5) is 0 Å². The van der Waals surface area contributed by atoms with Gasteiger partial charge in [0, 0.05) is 12.6 Å². The fraction of sp³-hybridized carbons (Fsp3) is 0.385. The molecule has 0 bridgehead atoms. The molecule has 19 heavy (non-hydrogen) atoms. The molecular weight excluding hydrogens is 246 g/mol. The van der Waals surface area contributed by atoms with Gasteiger partial charge in [-0.2, -0.15) is 5.26 Å². The maximum atomic E-state index is 11.9. The standard InChI is InChI=1S/C13H15N3O3/c1-19-13(18)11(7-2-4-8-14)16-12(17)10-6-3-5-9-15-10/h3,5-6,9,11H,2,4,7H2,1H3,(H,16,17)/t11-/m1/s1. The minimum atomic E-state index is -0.757. The Labute approximate surface area is 111 Å². The van der Waals surface area contributed by atoms with E-state index in [2.05, 4.69) is 15.0 Å². The number of amides is 1. The summed E-state index contributed by atoms with van der Waals surface area (Å²) in [5, 5.41) is 11.0. The summed E-state index contributed by atoms with van der Waals surface area (Å²) in [6, 6.07) is 6.17. The van der Waals surface area contributed by atoms with Gasteiger partial charge in [0.25, 0.3) is 5.91 Å². The number of hydrogen-bond acceptors (Lipinski definition) is 5. The van der Waals surface area contributed by atoms with Crippen molar-refractivity contribution in [3.05, 3.63) is 30.1 Å². The summed E-state index contributed by atoms with van der Waals surface area (Å²) in [5.41, 5.74) is 0.233. The highest BCUT2D eigenvalue weighted by Gasteiger charge is 2.21. The normalized spacial score (nSPS) is 11.2. The molecule has 0 aliphatic carbocycles. The van der Waals surface area contributed by atoms with E-state index in [4.69, 9.17) is 5.26 Å². The average Bonchev–Trinajstić information content (AvgIpc) is 2.46. The first-order valence-electron chi connectivity index (χ1n) is 5.85. The van der Waals surface area contributed by atoms with Crippen LogP contribution in [0.1, 0.15) is 29.8 Å². The summed E-state index contributed by atoms with van der Waals surface area (Å²) in [5.74, 6) is -0.963. The number of methoxy groups -OCH3 is 1. The van der Waals surface area contributed by atoms with Crippen LogP contribution < -0.4 is 5.32 Å². The Morgan fingerprint density at radius 2 is 2.32 bits per heavy atom. The minimum absolute atomic E-state index is 0.233. The van der Waals surface area contributed by atoms with Gasteiger partial charge in [-0.25, -0.2) is 4.79 Å². The van der Waals surface area contributed by atoms with Crippen LogP contribution in [-0.2, 0) is 9.53 Å². The van der Waals surface area contributed by atoms with Crippen LogP contribution in [0.3, 0.4) is 0 Å². The predicted molar refractivity (Wildman–Crippen MR) is 67.0 cm³/mol. The van der Waals surface area contributed by atoms with E-state index < -0.39 is 17.9 Å². The molecular formula is C13H15N3O3. The third-order valence-electron chi connectivity index (χ3n) is 2.47. The summed E-state index contributed by atoms with van der Waals surface area (Å²) in [4.78, 5) is 27.3. The molecule has 100 valence electrons. The molecule has 1 amide bonds. The van der Waals surface area contributed by atoms with Crippen LogP contribution in [0.15, 0.2) is 24.4 Å². The van der Waals surface area contributed by atoms with Crippen molar-refractivity contribution in [2.24, 2.45) is 0 Å². The third-order valence-corrected chi connectivity index (χ3v) is 2.47. The molecule has 1 N–H and O–H groups in total. The number of nitrogens with zero attached hydrogens (tertiary/aromatic N) is 2. The molecule has 0 spiro atoms. The van der Waals surface area contributed by atoms with Gasteiger partial charge in [0.15, 0.2) is 0 Å². The van der Waals surface area contributed by atoms with Gasteiger partial charge in [0.05, 0.1) is 13.2 Å². The van der Waals surface area contributed by atoms with Crippen molar-refractivity contribution in [1.29, 1.82) is 5.26 Å². The van der Waals surface area contributed by atoms with Crippen LogP contribution in [0.2, 0.25) is 0 Å². The second kappa shape index (κ2) is 7.82. The number of hydrogen-bond donors (Lipinski definition) is 1. The molecule has 0 saturated carbocycles. The van der Waals surface area contributed by atoms with Crippen LogP contribution >= 0.6 is 0 Å². The lowest BCUT2D eigenvalue weighted by molar-refractivity contribution is -0.143. The van der Waals surface area contributed by atoms with Gasteiger partial charge in [0.2, 0.25) is 0 Å². The van der Waals surface area contributed by atoms with Gasteiger partial charge < -0.3 is 10.1 Å². The topological polar surface area (TPSA) is 92.1 Å². The lowest BCUT2D eigenvalue weighted by Crippen LogP contribution is -2.41. The van der Waals surface area contributed by atoms with Gasteiger partial charge in [-0.3, -0.25) is 9.78 Å². The molecule has 6 nitrogen and oxygen atoms in total. The van der Waals surface area contributed by atoms with Crippen molar-refractivity contribution in [2.45, 2.75) is 25.3 Å². The zero-order valence-corrected chi connectivity index (χ0v) is 10.6. The number of rotatable bonds is 6. The maximum absolute atomic E-state index is 11.9. The minimum Gasteiger partial charge on any atom is -0.467 e. The summed E-state index contributed by atoms with van der Waals surface area (Å²) in [7, 11) is 1.26. The third kappa shape index (κ3) is 4.76. The van der Waals surface area contributed by atoms with Crippen molar-refractivity contribution in [2.75, 3.05) is 7.11 Å². The zero-order chi connectivity index (χ0) is 14.1. The van der Waals surface area contributed by atoms with E-state index in [0.717, 1.165) is 0 Å². The molecule has 1 aromatic rings. The molecule has 0 fully saturated rings. The molecule has 0 aromatic carbocycles. The van der Waals surface area contributed by atoms with E-state index in [9.17, 15) is 9.59 Å². The summed E-state index contributed by atoms with van der Waals surface area (Å²) in [6.07, 6.45) is 2.70. The highest BCUT2D eigenvalue weighted by molar-refractivity contribution is 5.95. The fourth-order valence-corrected chi connectivity index (χ4v) is 1.51. The number of pyridine rings is 1. The number of ether oxygens (including phenoxy) is 1. The van der Waals surface area contributed by atoms with E-state index in [1.54, 1.807) is 18.2 Å².